The molecular weight excluding hydrogens is 200 g/mol. The Hall–Kier alpha value is -0.780. The third-order valence-corrected chi connectivity index (χ3v) is 2.29. The molecule has 4 nitrogen and oxygen atoms in total. The molecule has 0 aromatic heterocycles. The molecule has 1 aromatic carbocycles. The second-order valence-electron chi connectivity index (χ2n) is 1.99. The number of nitrogens with zero attached hydrogens (tertiary/aromatic N) is 1. The summed E-state index contributed by atoms with van der Waals surface area (Å²) in [5.74, 6) is 0. The topological polar surface area (TPSA) is 69.2 Å². The van der Waals surface area contributed by atoms with E-state index >= 15 is 0 Å². The smallest absolute Gasteiger partial charge is 0.270 e. The molecule has 1 rings (SSSR count). The molecule has 0 radical (unpaired) electrons. The number of halogens is 1. The van der Waals surface area contributed by atoms with E-state index < -0.39 is 4.92 Å². The average Bonchev–Trinajstić information content (AvgIpc) is 2.04. The zero-order chi connectivity index (χ0) is 9.14. The van der Waals surface area contributed by atoms with Crippen LogP contribution in [0.5, 0.6) is 0 Å². The molecule has 0 atom stereocenters. The standard InChI is InChI=1S/C6H5ClN2O2S/c7-5-3-4(9(10)11)1-2-6(5)12-8/h1-3H,8H2. The lowest BCUT2D eigenvalue weighted by Crippen LogP contribution is -1.88. The van der Waals surface area contributed by atoms with Crippen molar-refractivity contribution in [2.45, 2.75) is 4.90 Å². The van der Waals surface area contributed by atoms with Crippen molar-refractivity contribution in [3.8, 4) is 0 Å². The van der Waals surface area contributed by atoms with Crippen LogP contribution in [0.3, 0.4) is 0 Å². The van der Waals surface area contributed by atoms with Gasteiger partial charge in [-0.15, -0.1) is 0 Å². The summed E-state index contributed by atoms with van der Waals surface area (Å²) >= 11 is 6.63. The molecule has 0 saturated carbocycles. The normalized spacial score (nSPS) is 9.83. The average molecular weight is 205 g/mol. The fraction of sp³-hybridized carbons (Fsp3) is 0. The Balaban J connectivity index is 3.10. The van der Waals surface area contributed by atoms with E-state index in [1.807, 2.05) is 0 Å². The number of benzene rings is 1. The Bertz CT molecular complexity index is 318. The van der Waals surface area contributed by atoms with E-state index in [0.717, 1.165) is 11.9 Å². The Labute approximate surface area is 78.0 Å². The van der Waals surface area contributed by atoms with E-state index in [2.05, 4.69) is 0 Å². The first-order chi connectivity index (χ1) is 5.65. The summed E-state index contributed by atoms with van der Waals surface area (Å²) in [6.45, 7) is 0. The molecule has 6 heteroatoms. The predicted molar refractivity (Wildman–Crippen MR) is 48.2 cm³/mol. The Morgan fingerprint density at radius 1 is 1.58 bits per heavy atom. The van der Waals surface area contributed by atoms with E-state index in [-0.39, 0.29) is 5.69 Å². The molecule has 0 heterocycles. The van der Waals surface area contributed by atoms with E-state index in [0.29, 0.717) is 9.92 Å². The van der Waals surface area contributed by atoms with Gasteiger partial charge in [0.1, 0.15) is 0 Å². The molecule has 0 aliphatic heterocycles. The number of hydrogen-bond acceptors (Lipinski definition) is 4. The summed E-state index contributed by atoms with van der Waals surface area (Å²) in [5, 5.41) is 15.8. The number of non-ortho nitro benzene ring substituents is 1. The first-order valence-electron chi connectivity index (χ1n) is 2.96. The Morgan fingerprint density at radius 2 is 2.25 bits per heavy atom. The number of nitro groups is 1. The van der Waals surface area contributed by atoms with Crippen LogP contribution < -0.4 is 5.14 Å². The number of hydrogen-bond donors (Lipinski definition) is 1. The second kappa shape index (κ2) is 3.75. The molecule has 2 N–H and O–H groups in total. The van der Waals surface area contributed by atoms with Gasteiger partial charge in [0.15, 0.2) is 0 Å². The van der Waals surface area contributed by atoms with Crippen molar-refractivity contribution in [3.05, 3.63) is 33.3 Å². The van der Waals surface area contributed by atoms with Crippen molar-refractivity contribution in [3.63, 3.8) is 0 Å². The molecule has 0 fully saturated rings. The third kappa shape index (κ3) is 1.88. The molecule has 1 aromatic rings. The van der Waals surface area contributed by atoms with Gasteiger partial charge in [-0.3, -0.25) is 15.3 Å². The van der Waals surface area contributed by atoms with Gasteiger partial charge in [0.25, 0.3) is 5.69 Å². The molecule has 0 amide bonds. The van der Waals surface area contributed by atoms with Gasteiger partial charge in [0.2, 0.25) is 0 Å². The summed E-state index contributed by atoms with van der Waals surface area (Å²) in [4.78, 5) is 10.4. The summed E-state index contributed by atoms with van der Waals surface area (Å²) in [7, 11) is 0. The summed E-state index contributed by atoms with van der Waals surface area (Å²) in [6.07, 6.45) is 0. The highest BCUT2D eigenvalue weighted by Gasteiger charge is 2.08. The minimum atomic E-state index is -0.503. The van der Waals surface area contributed by atoms with Gasteiger partial charge in [-0.2, -0.15) is 0 Å². The zero-order valence-electron chi connectivity index (χ0n) is 5.86. The number of nitro benzene ring substituents is 1. The van der Waals surface area contributed by atoms with Crippen molar-refractivity contribution < 1.29 is 4.92 Å². The Morgan fingerprint density at radius 3 is 2.67 bits per heavy atom. The highest BCUT2D eigenvalue weighted by Crippen LogP contribution is 2.27. The number of nitrogens with two attached hydrogens (primary N) is 1. The summed E-state index contributed by atoms with van der Waals surface area (Å²) in [5.41, 5.74) is -0.0298. The van der Waals surface area contributed by atoms with Crippen molar-refractivity contribution in [1.82, 2.24) is 0 Å². The summed E-state index contributed by atoms with van der Waals surface area (Å²) in [6, 6.07) is 4.16. The van der Waals surface area contributed by atoms with Crippen LogP contribution in [0.25, 0.3) is 0 Å². The maximum Gasteiger partial charge on any atom is 0.270 e. The zero-order valence-corrected chi connectivity index (χ0v) is 7.43. The minimum Gasteiger partial charge on any atom is -0.274 e. The first kappa shape index (κ1) is 9.31. The molecule has 0 aliphatic carbocycles. The highest BCUT2D eigenvalue weighted by molar-refractivity contribution is 7.97. The maximum atomic E-state index is 10.3. The molecule has 0 unspecified atom stereocenters. The van der Waals surface area contributed by atoms with Crippen LogP contribution in [0.15, 0.2) is 23.1 Å². The predicted octanol–water partition coefficient (Wildman–Crippen LogP) is 2.21. The maximum absolute atomic E-state index is 10.3. The number of rotatable bonds is 2. The van der Waals surface area contributed by atoms with Crippen molar-refractivity contribution >= 4 is 29.2 Å². The third-order valence-electron chi connectivity index (χ3n) is 1.25. The molecule has 64 valence electrons. The highest BCUT2D eigenvalue weighted by atomic mass is 35.5. The fourth-order valence-corrected chi connectivity index (χ4v) is 1.33. The molecule has 0 bridgehead atoms. The van der Waals surface area contributed by atoms with Gasteiger partial charge < -0.3 is 0 Å². The van der Waals surface area contributed by atoms with Gasteiger partial charge >= 0.3 is 0 Å². The van der Waals surface area contributed by atoms with Crippen LogP contribution in [0.4, 0.5) is 5.69 Å². The molecule has 12 heavy (non-hydrogen) atoms. The monoisotopic (exact) mass is 204 g/mol. The van der Waals surface area contributed by atoms with E-state index in [1.54, 1.807) is 0 Å². The van der Waals surface area contributed by atoms with Crippen LogP contribution >= 0.6 is 23.5 Å². The van der Waals surface area contributed by atoms with Gasteiger partial charge in [0.05, 0.1) is 9.95 Å². The van der Waals surface area contributed by atoms with Crippen LogP contribution in [0.2, 0.25) is 5.02 Å². The van der Waals surface area contributed by atoms with Crippen LogP contribution in [-0.4, -0.2) is 4.92 Å². The molecule has 0 aliphatic rings. The SMILES string of the molecule is NSc1ccc([N+](=O)[O-])cc1Cl. The first-order valence-corrected chi connectivity index (χ1v) is 4.21. The Kier molecular flexibility index (Phi) is 2.91. The molecular formula is C6H5ClN2O2S. The second-order valence-corrected chi connectivity index (χ2v) is 3.07. The van der Waals surface area contributed by atoms with E-state index in [1.165, 1.54) is 18.2 Å². The summed E-state index contributed by atoms with van der Waals surface area (Å²) < 4.78 is 0. The van der Waals surface area contributed by atoms with Crippen molar-refractivity contribution in [2.75, 3.05) is 0 Å². The lowest BCUT2D eigenvalue weighted by molar-refractivity contribution is -0.384. The van der Waals surface area contributed by atoms with Gasteiger partial charge in [0, 0.05) is 17.0 Å². The van der Waals surface area contributed by atoms with E-state index in [4.69, 9.17) is 16.7 Å². The quantitative estimate of drug-likeness (QED) is 0.456. The van der Waals surface area contributed by atoms with Crippen LogP contribution in [-0.2, 0) is 0 Å². The fourth-order valence-electron chi connectivity index (χ4n) is 0.699. The van der Waals surface area contributed by atoms with Crippen molar-refractivity contribution in [2.24, 2.45) is 5.14 Å². The lowest BCUT2D eigenvalue weighted by Gasteiger charge is -1.97. The van der Waals surface area contributed by atoms with Gasteiger partial charge in [-0.05, 0) is 18.0 Å². The van der Waals surface area contributed by atoms with Crippen LogP contribution in [0, 0.1) is 10.1 Å². The van der Waals surface area contributed by atoms with E-state index in [9.17, 15) is 10.1 Å². The lowest BCUT2D eigenvalue weighted by atomic mass is 10.3. The van der Waals surface area contributed by atoms with Gasteiger partial charge in [-0.25, -0.2) is 0 Å². The molecule has 0 saturated heterocycles. The van der Waals surface area contributed by atoms with Crippen molar-refractivity contribution in [1.29, 1.82) is 0 Å². The largest absolute Gasteiger partial charge is 0.274 e. The van der Waals surface area contributed by atoms with Gasteiger partial charge in [-0.1, -0.05) is 11.6 Å². The minimum absolute atomic E-state index is 0.0298. The van der Waals surface area contributed by atoms with Crippen LogP contribution in [0.1, 0.15) is 0 Å². The molecule has 0 spiro atoms.